The molecule has 0 saturated heterocycles. The van der Waals surface area contributed by atoms with Gasteiger partial charge in [-0.25, -0.2) is 4.39 Å². The molecule has 3 nitrogen and oxygen atoms in total. The van der Waals surface area contributed by atoms with Gasteiger partial charge in [0.25, 0.3) is 5.91 Å². The minimum Gasteiger partial charge on any atom is -0.351 e. The predicted molar refractivity (Wildman–Crippen MR) is 75.6 cm³/mol. The largest absolute Gasteiger partial charge is 0.351 e. The zero-order valence-electron chi connectivity index (χ0n) is 10.5. The Morgan fingerprint density at radius 2 is 2.32 bits per heavy atom. The van der Waals surface area contributed by atoms with Crippen LogP contribution in [0, 0.1) is 17.1 Å². The normalized spacial score (nSPS) is 10.9. The zero-order chi connectivity index (χ0) is 14.3. The molecule has 1 aromatic carbocycles. The molecule has 0 atom stereocenters. The van der Waals surface area contributed by atoms with Crippen molar-refractivity contribution in [1.29, 1.82) is 5.26 Å². The molecule has 0 spiro atoms. The first-order valence-corrected chi connectivity index (χ1v) is 6.72. The molecular formula is C14H14BrFN2O. The fourth-order valence-corrected chi connectivity index (χ4v) is 1.73. The van der Waals surface area contributed by atoms with Gasteiger partial charge in [0.1, 0.15) is 17.5 Å². The third kappa shape index (κ3) is 4.84. The number of amides is 1. The van der Waals surface area contributed by atoms with Crippen LogP contribution in [0.3, 0.4) is 0 Å². The Hall–Kier alpha value is -1.67. The van der Waals surface area contributed by atoms with Crippen molar-refractivity contribution in [3.63, 3.8) is 0 Å². The molecule has 0 aliphatic rings. The SMILES string of the molecule is CCCCNC(=O)/C(C#N)=C/c1ccc(Br)cc1F. The Balaban J connectivity index is 2.87. The fourth-order valence-electron chi connectivity index (χ4n) is 1.40. The van der Waals surface area contributed by atoms with Gasteiger partial charge in [-0.1, -0.05) is 35.3 Å². The standard InChI is InChI=1S/C14H14BrFN2O/c1-2-3-6-18-14(19)11(9-17)7-10-4-5-12(15)8-13(10)16/h4-5,7-8H,2-3,6H2,1H3,(H,18,19)/b11-7+. The van der Waals surface area contributed by atoms with Gasteiger partial charge >= 0.3 is 0 Å². The van der Waals surface area contributed by atoms with Crippen LogP contribution in [0.5, 0.6) is 0 Å². The van der Waals surface area contributed by atoms with Crippen molar-refractivity contribution >= 4 is 27.9 Å². The Kier molecular flexibility index (Phi) is 6.23. The van der Waals surface area contributed by atoms with E-state index in [1.165, 1.54) is 18.2 Å². The summed E-state index contributed by atoms with van der Waals surface area (Å²) in [7, 11) is 0. The van der Waals surface area contributed by atoms with E-state index in [9.17, 15) is 9.18 Å². The molecule has 0 aliphatic heterocycles. The molecule has 0 fully saturated rings. The van der Waals surface area contributed by atoms with Gasteiger partial charge in [0, 0.05) is 16.6 Å². The number of benzene rings is 1. The van der Waals surface area contributed by atoms with E-state index in [-0.39, 0.29) is 11.1 Å². The molecular weight excluding hydrogens is 311 g/mol. The molecule has 1 N–H and O–H groups in total. The third-order valence-corrected chi connectivity index (χ3v) is 2.94. The third-order valence-electron chi connectivity index (χ3n) is 2.44. The van der Waals surface area contributed by atoms with Crippen LogP contribution in [0.4, 0.5) is 4.39 Å². The molecule has 0 unspecified atom stereocenters. The van der Waals surface area contributed by atoms with E-state index in [0.717, 1.165) is 12.8 Å². The number of rotatable bonds is 5. The lowest BCUT2D eigenvalue weighted by Crippen LogP contribution is -2.25. The van der Waals surface area contributed by atoms with Gasteiger partial charge in [-0.2, -0.15) is 5.26 Å². The van der Waals surface area contributed by atoms with Crippen LogP contribution in [-0.2, 0) is 4.79 Å². The second-order valence-electron chi connectivity index (χ2n) is 3.95. The van der Waals surface area contributed by atoms with Gasteiger partial charge in [0.05, 0.1) is 0 Å². The second kappa shape index (κ2) is 7.70. The summed E-state index contributed by atoms with van der Waals surface area (Å²) in [6.07, 6.45) is 3.05. The Bertz CT molecular complexity index is 535. The van der Waals surface area contributed by atoms with Crippen LogP contribution in [0.1, 0.15) is 25.3 Å². The van der Waals surface area contributed by atoms with Gasteiger partial charge < -0.3 is 5.32 Å². The van der Waals surface area contributed by atoms with E-state index in [1.807, 2.05) is 6.92 Å². The lowest BCUT2D eigenvalue weighted by Gasteiger charge is -2.03. The van der Waals surface area contributed by atoms with Gasteiger partial charge in [0.2, 0.25) is 0 Å². The monoisotopic (exact) mass is 324 g/mol. The summed E-state index contributed by atoms with van der Waals surface area (Å²) in [5.41, 5.74) is 0.114. The van der Waals surface area contributed by atoms with Crippen molar-refractivity contribution in [2.45, 2.75) is 19.8 Å². The van der Waals surface area contributed by atoms with Gasteiger partial charge in [-0.15, -0.1) is 0 Å². The van der Waals surface area contributed by atoms with E-state index in [1.54, 1.807) is 12.1 Å². The molecule has 5 heteroatoms. The summed E-state index contributed by atoms with van der Waals surface area (Å²) >= 11 is 3.15. The highest BCUT2D eigenvalue weighted by molar-refractivity contribution is 9.10. The average Bonchev–Trinajstić information content (AvgIpc) is 2.38. The molecule has 0 bridgehead atoms. The quantitative estimate of drug-likeness (QED) is 0.512. The van der Waals surface area contributed by atoms with Gasteiger partial charge in [0.15, 0.2) is 0 Å². The molecule has 1 amide bonds. The fraction of sp³-hybridized carbons (Fsp3) is 0.286. The van der Waals surface area contributed by atoms with Crippen molar-refractivity contribution in [1.82, 2.24) is 5.32 Å². The summed E-state index contributed by atoms with van der Waals surface area (Å²) in [4.78, 5) is 11.7. The summed E-state index contributed by atoms with van der Waals surface area (Å²) in [6, 6.07) is 6.24. The molecule has 1 rings (SSSR count). The van der Waals surface area contributed by atoms with Crippen LogP contribution < -0.4 is 5.32 Å². The number of carbonyl (C=O) groups is 1. The van der Waals surface area contributed by atoms with E-state index in [0.29, 0.717) is 11.0 Å². The molecule has 0 radical (unpaired) electrons. The number of nitriles is 1. The maximum absolute atomic E-state index is 13.6. The second-order valence-corrected chi connectivity index (χ2v) is 4.86. The van der Waals surface area contributed by atoms with Gasteiger partial charge in [-0.3, -0.25) is 4.79 Å². The van der Waals surface area contributed by atoms with Crippen LogP contribution in [0.15, 0.2) is 28.2 Å². The van der Waals surface area contributed by atoms with Crippen molar-refractivity contribution in [2.24, 2.45) is 0 Å². The topological polar surface area (TPSA) is 52.9 Å². The molecule has 100 valence electrons. The van der Waals surface area contributed by atoms with Crippen LogP contribution >= 0.6 is 15.9 Å². The lowest BCUT2D eigenvalue weighted by atomic mass is 10.1. The summed E-state index contributed by atoms with van der Waals surface area (Å²) < 4.78 is 14.2. The number of unbranched alkanes of at least 4 members (excludes halogenated alkanes) is 1. The van der Waals surface area contributed by atoms with Crippen molar-refractivity contribution < 1.29 is 9.18 Å². The summed E-state index contributed by atoms with van der Waals surface area (Å²) in [5.74, 6) is -0.957. The molecule has 0 aliphatic carbocycles. The number of hydrogen-bond donors (Lipinski definition) is 1. The maximum Gasteiger partial charge on any atom is 0.261 e. The zero-order valence-corrected chi connectivity index (χ0v) is 12.1. The van der Waals surface area contributed by atoms with Crippen molar-refractivity contribution in [2.75, 3.05) is 6.54 Å². The minimum atomic E-state index is -0.483. The lowest BCUT2D eigenvalue weighted by molar-refractivity contribution is -0.117. The Morgan fingerprint density at radius 3 is 2.89 bits per heavy atom. The number of halogens is 2. The highest BCUT2D eigenvalue weighted by atomic mass is 79.9. The first kappa shape index (κ1) is 15.4. The Morgan fingerprint density at radius 1 is 1.58 bits per heavy atom. The Labute approximate surface area is 120 Å². The van der Waals surface area contributed by atoms with Gasteiger partial charge in [-0.05, 0) is 24.6 Å². The number of hydrogen-bond acceptors (Lipinski definition) is 2. The molecule has 0 aromatic heterocycles. The van der Waals surface area contributed by atoms with Crippen molar-refractivity contribution in [3.05, 3.63) is 39.6 Å². The van der Waals surface area contributed by atoms with Crippen LogP contribution in [0.2, 0.25) is 0 Å². The number of nitrogens with zero attached hydrogens (tertiary/aromatic N) is 1. The smallest absolute Gasteiger partial charge is 0.261 e. The highest BCUT2D eigenvalue weighted by Gasteiger charge is 2.09. The van der Waals surface area contributed by atoms with E-state index < -0.39 is 11.7 Å². The highest BCUT2D eigenvalue weighted by Crippen LogP contribution is 2.17. The summed E-state index contributed by atoms with van der Waals surface area (Å²) in [6.45, 7) is 2.52. The maximum atomic E-state index is 13.6. The molecule has 0 heterocycles. The van der Waals surface area contributed by atoms with E-state index in [2.05, 4.69) is 21.2 Å². The summed E-state index contributed by atoms with van der Waals surface area (Å²) in [5, 5.41) is 11.6. The van der Waals surface area contributed by atoms with Crippen LogP contribution in [-0.4, -0.2) is 12.5 Å². The van der Waals surface area contributed by atoms with E-state index >= 15 is 0 Å². The molecule has 19 heavy (non-hydrogen) atoms. The first-order valence-electron chi connectivity index (χ1n) is 5.93. The predicted octanol–water partition coefficient (Wildman–Crippen LogP) is 3.41. The molecule has 1 aromatic rings. The first-order chi connectivity index (χ1) is 9.08. The number of carbonyl (C=O) groups excluding carboxylic acids is 1. The van der Waals surface area contributed by atoms with E-state index in [4.69, 9.17) is 5.26 Å². The average molecular weight is 325 g/mol. The van der Waals surface area contributed by atoms with Crippen LogP contribution in [0.25, 0.3) is 6.08 Å². The minimum absolute atomic E-state index is 0.0997. The number of nitrogens with one attached hydrogen (secondary N) is 1. The van der Waals surface area contributed by atoms with Crippen molar-refractivity contribution in [3.8, 4) is 6.07 Å². The molecule has 0 saturated carbocycles.